The van der Waals surface area contributed by atoms with Crippen molar-refractivity contribution in [1.82, 2.24) is 10.2 Å². The molecular weight excluding hydrogens is 430 g/mol. The summed E-state index contributed by atoms with van der Waals surface area (Å²) in [6.45, 7) is 5.47. The summed E-state index contributed by atoms with van der Waals surface area (Å²) in [6, 6.07) is 1.40. The van der Waals surface area contributed by atoms with Crippen LogP contribution in [0.15, 0.2) is 22.5 Å². The average molecular weight is 451 g/mol. The molecule has 2 rings (SSSR count). The van der Waals surface area contributed by atoms with Gasteiger partial charge < -0.3 is 0 Å². The van der Waals surface area contributed by atoms with Crippen LogP contribution in [0, 0.1) is 17.6 Å². The molecule has 1 aromatic carbocycles. The highest BCUT2D eigenvalue weighted by Crippen LogP contribution is 2.28. The van der Waals surface area contributed by atoms with Crippen molar-refractivity contribution in [2.24, 2.45) is 5.92 Å². The zero-order valence-electron chi connectivity index (χ0n) is 15.6. The van der Waals surface area contributed by atoms with E-state index in [0.29, 0.717) is 10.3 Å². The number of nitrogens with one attached hydrogen (secondary N) is 1. The summed E-state index contributed by atoms with van der Waals surface area (Å²) < 4.78 is 52.5. The van der Waals surface area contributed by atoms with Gasteiger partial charge in [-0.1, -0.05) is 36.9 Å². The first-order valence-corrected chi connectivity index (χ1v) is 11.9. The van der Waals surface area contributed by atoms with Crippen molar-refractivity contribution in [3.8, 4) is 0 Å². The van der Waals surface area contributed by atoms with E-state index in [1.54, 1.807) is 0 Å². The highest BCUT2D eigenvalue weighted by atomic mass is 32.2. The van der Waals surface area contributed by atoms with Crippen molar-refractivity contribution in [3.05, 3.63) is 29.8 Å². The first kappa shape index (κ1) is 22.5. The van der Waals surface area contributed by atoms with Crippen LogP contribution in [0.25, 0.3) is 0 Å². The van der Waals surface area contributed by atoms with Crippen LogP contribution in [-0.2, 0) is 14.8 Å². The third kappa shape index (κ3) is 5.85. The van der Waals surface area contributed by atoms with E-state index in [-0.39, 0.29) is 10.8 Å². The molecule has 1 heterocycles. The number of thioether (sulfide) groups is 1. The molecule has 1 atom stereocenters. The van der Waals surface area contributed by atoms with Crippen molar-refractivity contribution in [2.45, 2.75) is 31.2 Å². The molecule has 0 aliphatic heterocycles. The fourth-order valence-electron chi connectivity index (χ4n) is 2.20. The molecule has 1 N–H and O–H groups in total. The molecule has 0 saturated carbocycles. The van der Waals surface area contributed by atoms with E-state index < -0.39 is 33.6 Å². The van der Waals surface area contributed by atoms with E-state index in [1.807, 2.05) is 0 Å². The molecule has 0 aliphatic carbocycles. The molecule has 0 fully saturated rings. The van der Waals surface area contributed by atoms with Gasteiger partial charge in [0.15, 0.2) is 16.0 Å². The predicted octanol–water partition coefficient (Wildman–Crippen LogP) is 3.36. The second-order valence-electron chi connectivity index (χ2n) is 6.40. The van der Waals surface area contributed by atoms with Crippen LogP contribution in [0.4, 0.5) is 19.6 Å². The van der Waals surface area contributed by atoms with Crippen molar-refractivity contribution in [3.63, 3.8) is 0 Å². The summed E-state index contributed by atoms with van der Waals surface area (Å²) in [7, 11) is -3.95. The Morgan fingerprint density at radius 2 is 1.93 bits per heavy atom. The van der Waals surface area contributed by atoms with E-state index in [0.717, 1.165) is 34.5 Å². The van der Waals surface area contributed by atoms with Crippen molar-refractivity contribution in [1.29, 1.82) is 0 Å². The van der Waals surface area contributed by atoms with Crippen LogP contribution in [0.1, 0.15) is 20.8 Å². The fourth-order valence-corrected chi connectivity index (χ4v) is 5.10. The molecule has 154 valence electrons. The Morgan fingerprint density at radius 3 is 2.50 bits per heavy atom. The molecule has 2 aromatic rings. The van der Waals surface area contributed by atoms with Gasteiger partial charge in [-0.25, -0.2) is 17.2 Å². The van der Waals surface area contributed by atoms with Crippen LogP contribution in [0.5, 0.6) is 0 Å². The fraction of sp³-hybridized carbons (Fsp3) is 0.438. The molecule has 0 spiro atoms. The number of rotatable bonds is 8. The van der Waals surface area contributed by atoms with Gasteiger partial charge in [0.1, 0.15) is 6.04 Å². The Kier molecular flexibility index (Phi) is 7.34. The van der Waals surface area contributed by atoms with Gasteiger partial charge in [0.2, 0.25) is 21.1 Å². The Bertz CT molecular complexity index is 950. The minimum Gasteiger partial charge on any atom is -0.299 e. The standard InChI is InChI=1S/C16H20F2N4O3S3/c1-9(2)8-26-16-21-20-15(27-16)19-14(23)10(3)22(28(4,24)25)11-5-6-12(17)13(18)7-11/h5-7,9-10H,8H2,1-4H3,(H,19,20,23). The van der Waals surface area contributed by atoms with Gasteiger partial charge in [0.25, 0.3) is 0 Å². The largest absolute Gasteiger partial charge is 0.299 e. The van der Waals surface area contributed by atoms with E-state index in [4.69, 9.17) is 0 Å². The van der Waals surface area contributed by atoms with Crippen molar-refractivity contribution in [2.75, 3.05) is 21.6 Å². The number of sulfonamides is 1. The molecule has 12 heteroatoms. The number of halogens is 2. The van der Waals surface area contributed by atoms with Crippen LogP contribution >= 0.6 is 23.1 Å². The monoisotopic (exact) mass is 450 g/mol. The Balaban J connectivity index is 2.19. The lowest BCUT2D eigenvalue weighted by Crippen LogP contribution is -2.45. The lowest BCUT2D eigenvalue weighted by Gasteiger charge is -2.27. The maximum atomic E-state index is 13.6. The van der Waals surface area contributed by atoms with Crippen LogP contribution in [0.3, 0.4) is 0 Å². The minimum absolute atomic E-state index is 0.158. The van der Waals surface area contributed by atoms with Gasteiger partial charge in [0.05, 0.1) is 11.9 Å². The predicted molar refractivity (Wildman–Crippen MR) is 107 cm³/mol. The normalized spacial score (nSPS) is 12.8. The number of anilines is 2. The number of aromatic nitrogens is 2. The molecular formula is C16H20F2N4O3S3. The van der Waals surface area contributed by atoms with Gasteiger partial charge in [0, 0.05) is 11.8 Å². The topological polar surface area (TPSA) is 92.3 Å². The van der Waals surface area contributed by atoms with Crippen LogP contribution in [-0.4, -0.2) is 42.6 Å². The quantitative estimate of drug-likeness (QED) is 0.490. The third-order valence-corrected chi connectivity index (χ3v) is 7.06. The summed E-state index contributed by atoms with van der Waals surface area (Å²) in [5, 5.41) is 10.6. The number of hydrogen-bond acceptors (Lipinski definition) is 7. The van der Waals surface area contributed by atoms with Gasteiger partial charge in [-0.3, -0.25) is 14.4 Å². The average Bonchev–Trinajstić information content (AvgIpc) is 3.02. The SMILES string of the molecule is CC(C)CSc1nnc(NC(=O)C(C)N(c2ccc(F)c(F)c2)S(C)(=O)=O)s1. The minimum atomic E-state index is -3.95. The van der Waals surface area contributed by atoms with Crippen molar-refractivity contribution < 1.29 is 22.0 Å². The third-order valence-electron chi connectivity index (χ3n) is 3.42. The maximum absolute atomic E-state index is 13.6. The van der Waals surface area contributed by atoms with Gasteiger partial charge >= 0.3 is 0 Å². The van der Waals surface area contributed by atoms with Crippen LogP contribution in [0.2, 0.25) is 0 Å². The summed E-state index contributed by atoms with van der Waals surface area (Å²) in [6.07, 6.45) is 0.879. The van der Waals surface area contributed by atoms with Gasteiger partial charge in [-0.2, -0.15) is 0 Å². The van der Waals surface area contributed by atoms with E-state index in [9.17, 15) is 22.0 Å². The molecule has 1 unspecified atom stereocenters. The Hall–Kier alpha value is -1.79. The summed E-state index contributed by atoms with van der Waals surface area (Å²) >= 11 is 2.68. The van der Waals surface area contributed by atoms with Crippen molar-refractivity contribution >= 4 is 49.8 Å². The Labute approximate surface area is 170 Å². The summed E-state index contributed by atoms with van der Waals surface area (Å²) in [5.74, 6) is -1.70. The lowest BCUT2D eigenvalue weighted by atomic mass is 10.2. The van der Waals surface area contributed by atoms with E-state index in [2.05, 4.69) is 29.4 Å². The number of carbonyl (C=O) groups excluding carboxylic acids is 1. The Morgan fingerprint density at radius 1 is 1.25 bits per heavy atom. The maximum Gasteiger partial charge on any atom is 0.249 e. The number of hydrogen-bond donors (Lipinski definition) is 1. The molecule has 0 saturated heterocycles. The van der Waals surface area contributed by atoms with E-state index in [1.165, 1.54) is 30.0 Å². The zero-order valence-corrected chi connectivity index (χ0v) is 18.1. The summed E-state index contributed by atoms with van der Waals surface area (Å²) in [4.78, 5) is 12.5. The molecule has 7 nitrogen and oxygen atoms in total. The molecule has 0 aliphatic rings. The van der Waals surface area contributed by atoms with Crippen LogP contribution < -0.4 is 9.62 Å². The first-order chi connectivity index (χ1) is 13.0. The van der Waals surface area contributed by atoms with Gasteiger partial charge in [-0.05, 0) is 25.0 Å². The first-order valence-electron chi connectivity index (χ1n) is 8.20. The molecule has 1 aromatic heterocycles. The van der Waals surface area contributed by atoms with Gasteiger partial charge in [-0.15, -0.1) is 10.2 Å². The molecule has 0 radical (unpaired) electrons. The highest BCUT2D eigenvalue weighted by Gasteiger charge is 2.30. The molecule has 0 bridgehead atoms. The number of benzene rings is 1. The molecule has 1 amide bonds. The zero-order chi connectivity index (χ0) is 21.1. The number of carbonyl (C=O) groups is 1. The highest BCUT2D eigenvalue weighted by molar-refractivity contribution is 8.01. The summed E-state index contributed by atoms with van der Waals surface area (Å²) in [5.41, 5.74) is -0.158. The molecule has 28 heavy (non-hydrogen) atoms. The van der Waals surface area contributed by atoms with E-state index >= 15 is 0 Å². The number of amides is 1. The second-order valence-corrected chi connectivity index (χ2v) is 10.5. The number of nitrogens with zero attached hydrogens (tertiary/aromatic N) is 3. The second kappa shape index (κ2) is 9.14. The smallest absolute Gasteiger partial charge is 0.249 e. The lowest BCUT2D eigenvalue weighted by molar-refractivity contribution is -0.116.